The maximum Gasteiger partial charge on any atom is 0.319 e. The first-order valence-electron chi connectivity index (χ1n) is 11.4. The number of hydrogen-bond acceptors (Lipinski definition) is 5. The van der Waals surface area contributed by atoms with Crippen LogP contribution in [-0.2, 0) is 12.8 Å². The second kappa shape index (κ2) is 10.5. The van der Waals surface area contributed by atoms with Crippen LogP contribution in [0.5, 0.6) is 0 Å². The highest BCUT2D eigenvalue weighted by molar-refractivity contribution is 9.11. The quantitative estimate of drug-likeness (QED) is 0.425. The summed E-state index contributed by atoms with van der Waals surface area (Å²) in [5.74, 6) is 1.35. The van der Waals surface area contributed by atoms with Gasteiger partial charge in [-0.15, -0.1) is 0 Å². The number of carbonyl (C=O) groups is 1. The molecule has 33 heavy (non-hydrogen) atoms. The molecule has 2 aromatic rings. The molecule has 4 rings (SSSR count). The summed E-state index contributed by atoms with van der Waals surface area (Å²) in [5, 5.41) is 9.37. The third kappa shape index (κ3) is 5.95. The number of halogens is 3. The Hall–Kier alpha value is -1.94. The molecule has 1 saturated carbocycles. The normalized spacial score (nSPS) is 20.0. The monoisotopic (exact) mass is 582 g/mol. The van der Waals surface area contributed by atoms with E-state index in [0.29, 0.717) is 20.6 Å². The molecule has 1 aromatic heterocycles. The molecule has 1 heterocycles. The molecule has 2 amide bonds. The third-order valence-corrected chi connectivity index (χ3v) is 7.48. The number of aromatic nitrogens is 2. The lowest BCUT2D eigenvalue weighted by atomic mass is 9.91. The predicted molar refractivity (Wildman–Crippen MR) is 137 cm³/mol. The number of rotatable bonds is 5. The fourth-order valence-electron chi connectivity index (χ4n) is 4.57. The molecular formula is C23H29Br2FN6O. The molecule has 2 aliphatic rings. The Bertz CT molecular complexity index is 1000. The number of urea groups is 1. The molecule has 0 aliphatic heterocycles. The Kier molecular flexibility index (Phi) is 7.73. The van der Waals surface area contributed by atoms with E-state index in [0.717, 1.165) is 44.3 Å². The molecule has 0 unspecified atom stereocenters. The summed E-state index contributed by atoms with van der Waals surface area (Å²) in [4.78, 5) is 24.2. The van der Waals surface area contributed by atoms with Crippen LogP contribution in [0.1, 0.15) is 49.8 Å². The van der Waals surface area contributed by atoms with E-state index in [1.165, 1.54) is 36.2 Å². The first-order valence-corrected chi connectivity index (χ1v) is 12.9. The minimum Gasteiger partial charge on any atom is -0.362 e. The summed E-state index contributed by atoms with van der Waals surface area (Å²) in [5.41, 5.74) is 2.97. The Labute approximate surface area is 210 Å². The van der Waals surface area contributed by atoms with Crippen molar-refractivity contribution in [3.63, 3.8) is 0 Å². The molecule has 3 N–H and O–H groups in total. The molecule has 0 atom stereocenters. The lowest BCUT2D eigenvalue weighted by Gasteiger charge is -2.30. The number of benzene rings is 1. The highest BCUT2D eigenvalue weighted by Crippen LogP contribution is 2.32. The van der Waals surface area contributed by atoms with Crippen LogP contribution in [-0.4, -0.2) is 42.2 Å². The number of amides is 2. The van der Waals surface area contributed by atoms with Gasteiger partial charge in [-0.05, 0) is 95.4 Å². The van der Waals surface area contributed by atoms with Gasteiger partial charge in [-0.25, -0.2) is 14.2 Å². The zero-order valence-electron chi connectivity index (χ0n) is 18.9. The lowest BCUT2D eigenvalue weighted by molar-refractivity contribution is 0.243. The number of nitrogens with one attached hydrogen (secondary N) is 3. The van der Waals surface area contributed by atoms with Crippen LogP contribution in [0.3, 0.4) is 0 Å². The fourth-order valence-corrected chi connectivity index (χ4v) is 5.90. The summed E-state index contributed by atoms with van der Waals surface area (Å²) >= 11 is 6.58. The average Bonchev–Trinajstić information content (AvgIpc) is 2.77. The van der Waals surface area contributed by atoms with E-state index in [4.69, 9.17) is 9.97 Å². The maximum absolute atomic E-state index is 13.5. The van der Waals surface area contributed by atoms with Crippen LogP contribution in [0.4, 0.5) is 26.6 Å². The summed E-state index contributed by atoms with van der Waals surface area (Å²) < 4.78 is 14.4. The minimum atomic E-state index is -0.383. The van der Waals surface area contributed by atoms with Crippen LogP contribution < -0.4 is 20.9 Å². The Morgan fingerprint density at radius 2 is 1.67 bits per heavy atom. The van der Waals surface area contributed by atoms with Crippen molar-refractivity contribution in [2.45, 2.75) is 63.5 Å². The van der Waals surface area contributed by atoms with Gasteiger partial charge < -0.3 is 20.9 Å². The first kappa shape index (κ1) is 24.2. The fraction of sp³-hybridized carbons (Fsp3) is 0.522. The zero-order chi connectivity index (χ0) is 23.5. The molecule has 1 fully saturated rings. The van der Waals surface area contributed by atoms with Crippen LogP contribution in [0, 0.1) is 5.82 Å². The Morgan fingerprint density at radius 1 is 1.03 bits per heavy atom. The van der Waals surface area contributed by atoms with E-state index in [9.17, 15) is 9.18 Å². The number of fused-ring (bicyclic) bond motifs is 1. The van der Waals surface area contributed by atoms with Crippen molar-refractivity contribution < 1.29 is 9.18 Å². The van der Waals surface area contributed by atoms with E-state index in [2.05, 4.69) is 52.7 Å². The largest absolute Gasteiger partial charge is 0.362 e. The van der Waals surface area contributed by atoms with Gasteiger partial charge in [0.05, 0.1) is 11.4 Å². The van der Waals surface area contributed by atoms with Crippen molar-refractivity contribution in [1.82, 2.24) is 15.3 Å². The zero-order valence-corrected chi connectivity index (χ0v) is 22.0. The second-order valence-electron chi connectivity index (χ2n) is 8.93. The SMILES string of the molecule is CN(C)c1nc(N[C@H]2CC[C@@H](NC(=O)Nc3c(Br)cc(F)cc3Br)CC2)nc2c1CCCC2. The second-order valence-corrected chi connectivity index (χ2v) is 10.6. The topological polar surface area (TPSA) is 82.2 Å². The van der Waals surface area contributed by atoms with Crippen molar-refractivity contribution in [1.29, 1.82) is 0 Å². The van der Waals surface area contributed by atoms with Crippen molar-refractivity contribution >= 4 is 55.3 Å². The van der Waals surface area contributed by atoms with E-state index in [-0.39, 0.29) is 23.9 Å². The van der Waals surface area contributed by atoms with Gasteiger partial charge in [-0.1, -0.05) is 0 Å². The van der Waals surface area contributed by atoms with Gasteiger partial charge in [0.25, 0.3) is 0 Å². The van der Waals surface area contributed by atoms with Crippen LogP contribution in [0.15, 0.2) is 21.1 Å². The highest BCUT2D eigenvalue weighted by Gasteiger charge is 2.25. The summed E-state index contributed by atoms with van der Waals surface area (Å²) in [7, 11) is 4.07. The van der Waals surface area contributed by atoms with E-state index >= 15 is 0 Å². The Morgan fingerprint density at radius 3 is 2.33 bits per heavy atom. The molecule has 0 bridgehead atoms. The number of carbonyl (C=O) groups excluding carboxylic acids is 1. The molecule has 1 aromatic carbocycles. The van der Waals surface area contributed by atoms with Crippen LogP contribution in [0.25, 0.3) is 0 Å². The van der Waals surface area contributed by atoms with Gasteiger partial charge in [0.1, 0.15) is 11.6 Å². The molecule has 10 heteroatoms. The van der Waals surface area contributed by atoms with Crippen molar-refractivity contribution in [2.24, 2.45) is 0 Å². The van der Waals surface area contributed by atoms with Gasteiger partial charge >= 0.3 is 6.03 Å². The number of anilines is 3. The third-order valence-electron chi connectivity index (χ3n) is 6.23. The van der Waals surface area contributed by atoms with Crippen molar-refractivity contribution in [2.75, 3.05) is 29.6 Å². The van der Waals surface area contributed by atoms with Gasteiger partial charge in [-0.3, -0.25) is 0 Å². The smallest absolute Gasteiger partial charge is 0.319 e. The van der Waals surface area contributed by atoms with E-state index < -0.39 is 0 Å². The van der Waals surface area contributed by atoms with Gasteiger partial charge in [0, 0.05) is 40.7 Å². The molecule has 0 saturated heterocycles. The Balaban J connectivity index is 1.31. The standard InChI is InChI=1S/C23H29Br2FN6O/c1-32(2)21-16-5-3-4-6-19(16)29-22(31-21)27-14-7-9-15(10-8-14)28-23(33)30-20-17(24)11-13(26)12-18(20)25/h11-12,14-15H,3-10H2,1-2H3,(H,27,29,31)(H2,28,30,33)/t14-,15+. The predicted octanol–water partition coefficient (Wildman–Crippen LogP) is 5.63. The number of hydrogen-bond donors (Lipinski definition) is 3. The van der Waals surface area contributed by atoms with Gasteiger partial charge in [0.2, 0.25) is 5.95 Å². The lowest BCUT2D eigenvalue weighted by Crippen LogP contribution is -2.42. The van der Waals surface area contributed by atoms with Crippen molar-refractivity contribution in [3.8, 4) is 0 Å². The molecule has 178 valence electrons. The first-order chi connectivity index (χ1) is 15.8. The van der Waals surface area contributed by atoms with Gasteiger partial charge in [-0.2, -0.15) is 4.98 Å². The van der Waals surface area contributed by atoms with Crippen LogP contribution in [0.2, 0.25) is 0 Å². The van der Waals surface area contributed by atoms with Crippen molar-refractivity contribution in [3.05, 3.63) is 38.2 Å². The summed E-state index contributed by atoms with van der Waals surface area (Å²) in [6, 6.07) is 2.71. The summed E-state index contributed by atoms with van der Waals surface area (Å²) in [6.07, 6.45) is 8.01. The maximum atomic E-state index is 13.5. The number of nitrogens with zero attached hydrogens (tertiary/aromatic N) is 3. The average molecular weight is 584 g/mol. The molecule has 0 radical (unpaired) electrons. The van der Waals surface area contributed by atoms with Crippen LogP contribution >= 0.6 is 31.9 Å². The number of aryl methyl sites for hydroxylation is 1. The minimum absolute atomic E-state index is 0.0860. The van der Waals surface area contributed by atoms with Gasteiger partial charge in [0.15, 0.2) is 0 Å². The molecule has 2 aliphatic carbocycles. The van der Waals surface area contributed by atoms with E-state index in [1.807, 2.05) is 14.1 Å². The molecule has 7 nitrogen and oxygen atoms in total. The van der Waals surface area contributed by atoms with E-state index in [1.54, 1.807) is 0 Å². The summed E-state index contributed by atoms with van der Waals surface area (Å²) in [6.45, 7) is 0. The molecule has 0 spiro atoms. The highest BCUT2D eigenvalue weighted by atomic mass is 79.9. The molecular weight excluding hydrogens is 555 g/mol.